The van der Waals surface area contributed by atoms with Crippen LogP contribution in [0.2, 0.25) is 0 Å². The number of methoxy groups -OCH3 is 1. The van der Waals surface area contributed by atoms with Gasteiger partial charge in [-0.1, -0.05) is 6.92 Å². The molecule has 5 heteroatoms. The molecular weight excluding hydrogens is 288 g/mol. The molecule has 1 saturated carbocycles. The highest BCUT2D eigenvalue weighted by atomic mass is 16.5. The number of benzene rings is 1. The molecule has 0 aromatic heterocycles. The van der Waals surface area contributed by atoms with E-state index in [1.165, 1.54) is 12.1 Å². The summed E-state index contributed by atoms with van der Waals surface area (Å²) in [5.74, 6) is 2.79. The van der Waals surface area contributed by atoms with Gasteiger partial charge in [0.25, 0.3) is 0 Å². The zero-order valence-corrected chi connectivity index (χ0v) is 14.5. The SMILES string of the molecule is CCN=C(NC1CC1C)N1CCN(c2ccc(OC)cc2)CC1. The number of hydrogen-bond donors (Lipinski definition) is 1. The van der Waals surface area contributed by atoms with Gasteiger partial charge in [0.1, 0.15) is 5.75 Å². The summed E-state index contributed by atoms with van der Waals surface area (Å²) in [6.07, 6.45) is 1.27. The Morgan fingerprint density at radius 2 is 1.87 bits per heavy atom. The minimum Gasteiger partial charge on any atom is -0.497 e. The normalized spacial score (nSPS) is 24.6. The van der Waals surface area contributed by atoms with Crippen molar-refractivity contribution in [1.29, 1.82) is 0 Å². The smallest absolute Gasteiger partial charge is 0.194 e. The first-order chi connectivity index (χ1) is 11.2. The Labute approximate surface area is 139 Å². The fraction of sp³-hybridized carbons (Fsp3) is 0.611. The summed E-state index contributed by atoms with van der Waals surface area (Å²) in [6, 6.07) is 8.96. The van der Waals surface area contributed by atoms with Gasteiger partial charge in [0.15, 0.2) is 5.96 Å². The Morgan fingerprint density at radius 3 is 2.39 bits per heavy atom. The summed E-state index contributed by atoms with van der Waals surface area (Å²) >= 11 is 0. The van der Waals surface area contributed by atoms with Crippen LogP contribution < -0.4 is 15.0 Å². The molecule has 5 nitrogen and oxygen atoms in total. The number of piperazine rings is 1. The van der Waals surface area contributed by atoms with Crippen molar-refractivity contribution in [2.45, 2.75) is 26.3 Å². The first-order valence-corrected chi connectivity index (χ1v) is 8.66. The molecule has 0 radical (unpaired) electrons. The van der Waals surface area contributed by atoms with E-state index in [-0.39, 0.29) is 0 Å². The molecule has 1 aromatic rings. The van der Waals surface area contributed by atoms with E-state index in [9.17, 15) is 0 Å². The Hall–Kier alpha value is -1.91. The second kappa shape index (κ2) is 7.11. The molecule has 0 spiro atoms. The van der Waals surface area contributed by atoms with Gasteiger partial charge in [-0.15, -0.1) is 0 Å². The molecule has 2 aliphatic rings. The largest absolute Gasteiger partial charge is 0.497 e. The van der Waals surface area contributed by atoms with Gasteiger partial charge in [-0.2, -0.15) is 0 Å². The van der Waals surface area contributed by atoms with E-state index in [1.807, 2.05) is 12.1 Å². The van der Waals surface area contributed by atoms with Gasteiger partial charge in [0, 0.05) is 44.5 Å². The average Bonchev–Trinajstić information content (AvgIpc) is 3.30. The van der Waals surface area contributed by atoms with Crippen LogP contribution >= 0.6 is 0 Å². The zero-order valence-electron chi connectivity index (χ0n) is 14.5. The number of nitrogens with one attached hydrogen (secondary N) is 1. The van der Waals surface area contributed by atoms with Crippen LogP contribution in [0.1, 0.15) is 20.3 Å². The van der Waals surface area contributed by atoms with Gasteiger partial charge >= 0.3 is 0 Å². The average molecular weight is 316 g/mol. The van der Waals surface area contributed by atoms with Crippen LogP contribution in [0.5, 0.6) is 5.75 Å². The Morgan fingerprint density at radius 1 is 1.22 bits per heavy atom. The van der Waals surface area contributed by atoms with Gasteiger partial charge in [-0.05, 0) is 43.5 Å². The molecule has 0 amide bonds. The lowest BCUT2D eigenvalue weighted by Gasteiger charge is -2.38. The van der Waals surface area contributed by atoms with Crippen LogP contribution in [0.15, 0.2) is 29.3 Å². The molecule has 1 heterocycles. The van der Waals surface area contributed by atoms with E-state index >= 15 is 0 Å². The second-order valence-corrected chi connectivity index (χ2v) is 6.43. The van der Waals surface area contributed by atoms with Gasteiger partial charge in [-0.25, -0.2) is 0 Å². The standard InChI is InChI=1S/C18H28N4O/c1-4-19-18(20-17-13-14(17)2)22-11-9-21(10-12-22)15-5-7-16(23-3)8-6-15/h5-8,14,17H,4,9-13H2,1-3H3,(H,19,20). The van der Waals surface area contributed by atoms with Crippen LogP contribution in [0, 0.1) is 5.92 Å². The third-order valence-corrected chi connectivity index (χ3v) is 4.75. The molecule has 1 aliphatic heterocycles. The molecule has 2 atom stereocenters. The topological polar surface area (TPSA) is 40.1 Å². The van der Waals surface area contributed by atoms with Gasteiger partial charge in [0.2, 0.25) is 0 Å². The maximum absolute atomic E-state index is 5.23. The van der Waals surface area contributed by atoms with Crippen molar-refractivity contribution < 1.29 is 4.74 Å². The van der Waals surface area contributed by atoms with E-state index in [1.54, 1.807) is 7.11 Å². The first kappa shape index (κ1) is 16.0. The van der Waals surface area contributed by atoms with Crippen LogP contribution in [0.3, 0.4) is 0 Å². The van der Waals surface area contributed by atoms with Crippen LogP contribution in [0.4, 0.5) is 5.69 Å². The van der Waals surface area contributed by atoms with Gasteiger partial charge in [0.05, 0.1) is 7.11 Å². The summed E-state index contributed by atoms with van der Waals surface area (Å²) in [7, 11) is 1.70. The summed E-state index contributed by atoms with van der Waals surface area (Å²) < 4.78 is 5.23. The lowest BCUT2D eigenvalue weighted by atomic mass is 10.2. The van der Waals surface area contributed by atoms with Crippen LogP contribution in [0.25, 0.3) is 0 Å². The van der Waals surface area contributed by atoms with Crippen molar-refractivity contribution in [2.24, 2.45) is 10.9 Å². The fourth-order valence-electron chi connectivity index (χ4n) is 3.05. The molecule has 0 bridgehead atoms. The maximum atomic E-state index is 5.23. The summed E-state index contributed by atoms with van der Waals surface area (Å²) in [6.45, 7) is 9.31. The van der Waals surface area contributed by atoms with E-state index in [0.717, 1.165) is 50.4 Å². The number of guanidine groups is 1. The monoisotopic (exact) mass is 316 g/mol. The Bertz CT molecular complexity index is 534. The van der Waals surface area contributed by atoms with E-state index < -0.39 is 0 Å². The van der Waals surface area contributed by atoms with Crippen molar-refractivity contribution in [2.75, 3.05) is 44.7 Å². The predicted octanol–water partition coefficient (Wildman–Crippen LogP) is 2.19. The minimum absolute atomic E-state index is 0.625. The molecule has 1 N–H and O–H groups in total. The minimum atomic E-state index is 0.625. The number of anilines is 1. The molecule has 126 valence electrons. The number of aliphatic imine (C=N–C) groups is 1. The van der Waals surface area contributed by atoms with Crippen molar-refractivity contribution in [3.63, 3.8) is 0 Å². The summed E-state index contributed by atoms with van der Waals surface area (Å²) in [5, 5.41) is 3.62. The third-order valence-electron chi connectivity index (χ3n) is 4.75. The molecule has 2 unspecified atom stereocenters. The highest BCUT2D eigenvalue weighted by Gasteiger charge is 2.34. The highest BCUT2D eigenvalue weighted by molar-refractivity contribution is 5.81. The lowest BCUT2D eigenvalue weighted by molar-refractivity contribution is 0.371. The number of rotatable bonds is 4. The molecular formula is C18H28N4O. The van der Waals surface area contributed by atoms with Crippen molar-refractivity contribution in [1.82, 2.24) is 10.2 Å². The molecule has 2 fully saturated rings. The van der Waals surface area contributed by atoms with Crippen molar-refractivity contribution in [3.05, 3.63) is 24.3 Å². The molecule has 3 rings (SSSR count). The molecule has 1 saturated heterocycles. The number of ether oxygens (including phenoxy) is 1. The van der Waals surface area contributed by atoms with Crippen LogP contribution in [-0.2, 0) is 0 Å². The summed E-state index contributed by atoms with van der Waals surface area (Å²) in [4.78, 5) is 9.51. The van der Waals surface area contributed by atoms with E-state index in [0.29, 0.717) is 6.04 Å². The van der Waals surface area contributed by atoms with Crippen molar-refractivity contribution in [3.8, 4) is 5.75 Å². The second-order valence-electron chi connectivity index (χ2n) is 6.43. The number of nitrogens with zero attached hydrogens (tertiary/aromatic N) is 3. The van der Waals surface area contributed by atoms with E-state index in [4.69, 9.17) is 4.74 Å². The quantitative estimate of drug-likeness (QED) is 0.683. The fourth-order valence-corrected chi connectivity index (χ4v) is 3.05. The highest BCUT2D eigenvalue weighted by Crippen LogP contribution is 2.29. The van der Waals surface area contributed by atoms with E-state index in [2.05, 4.69) is 46.1 Å². The first-order valence-electron chi connectivity index (χ1n) is 8.66. The zero-order chi connectivity index (χ0) is 16.2. The Balaban J connectivity index is 1.56. The number of hydrogen-bond acceptors (Lipinski definition) is 3. The molecule has 23 heavy (non-hydrogen) atoms. The maximum Gasteiger partial charge on any atom is 0.194 e. The van der Waals surface area contributed by atoms with Crippen molar-refractivity contribution >= 4 is 11.6 Å². The Kier molecular flexibility index (Phi) is 4.94. The molecule has 1 aliphatic carbocycles. The molecule has 1 aromatic carbocycles. The van der Waals surface area contributed by atoms with Crippen LogP contribution in [-0.4, -0.2) is 56.7 Å². The van der Waals surface area contributed by atoms with Gasteiger partial charge < -0.3 is 19.9 Å². The lowest BCUT2D eigenvalue weighted by Crippen LogP contribution is -2.53. The van der Waals surface area contributed by atoms with Gasteiger partial charge in [-0.3, -0.25) is 4.99 Å². The predicted molar refractivity (Wildman–Crippen MR) is 95.5 cm³/mol. The summed E-state index contributed by atoms with van der Waals surface area (Å²) in [5.41, 5.74) is 1.27. The third kappa shape index (κ3) is 3.89.